The zero-order valence-electron chi connectivity index (χ0n) is 11.7. The quantitative estimate of drug-likeness (QED) is 0.852. The SMILES string of the molecule is O=C1C[C@H](Nc2ccc(Cl)c(Cl)c2)C(=O)N1c1ccc(F)cc1. The van der Waals surface area contributed by atoms with E-state index in [0.29, 0.717) is 21.4 Å². The van der Waals surface area contributed by atoms with Crippen molar-refractivity contribution in [2.45, 2.75) is 12.5 Å². The molecule has 1 fully saturated rings. The summed E-state index contributed by atoms with van der Waals surface area (Å²) in [6.07, 6.45) is 0.0104. The summed E-state index contributed by atoms with van der Waals surface area (Å²) >= 11 is 11.8. The third kappa shape index (κ3) is 3.16. The van der Waals surface area contributed by atoms with E-state index in [1.165, 1.54) is 24.3 Å². The second-order valence-electron chi connectivity index (χ2n) is 5.07. The molecule has 2 amide bonds. The molecule has 0 aliphatic carbocycles. The number of hydrogen-bond acceptors (Lipinski definition) is 3. The first-order valence-electron chi connectivity index (χ1n) is 6.79. The molecule has 0 aromatic heterocycles. The van der Waals surface area contributed by atoms with Crippen molar-refractivity contribution in [3.8, 4) is 0 Å². The molecule has 0 bridgehead atoms. The fourth-order valence-electron chi connectivity index (χ4n) is 2.39. The van der Waals surface area contributed by atoms with Gasteiger partial charge in [-0.25, -0.2) is 9.29 Å². The minimum absolute atomic E-state index is 0.0104. The normalized spacial score (nSPS) is 17.7. The lowest BCUT2D eigenvalue weighted by Crippen LogP contribution is -2.34. The van der Waals surface area contributed by atoms with E-state index in [1.54, 1.807) is 18.2 Å². The Morgan fingerprint density at radius 3 is 2.39 bits per heavy atom. The number of carbonyl (C=O) groups excluding carboxylic acids is 2. The molecule has 0 saturated carbocycles. The van der Waals surface area contributed by atoms with Gasteiger partial charge in [0.25, 0.3) is 5.91 Å². The molecule has 1 aliphatic rings. The molecule has 23 heavy (non-hydrogen) atoms. The molecule has 1 saturated heterocycles. The van der Waals surface area contributed by atoms with Crippen molar-refractivity contribution in [1.29, 1.82) is 0 Å². The third-order valence-corrected chi connectivity index (χ3v) is 4.23. The van der Waals surface area contributed by atoms with E-state index >= 15 is 0 Å². The van der Waals surface area contributed by atoms with E-state index in [4.69, 9.17) is 23.2 Å². The molecule has 7 heteroatoms. The van der Waals surface area contributed by atoms with E-state index in [-0.39, 0.29) is 12.3 Å². The zero-order valence-corrected chi connectivity index (χ0v) is 13.2. The number of nitrogens with one attached hydrogen (secondary N) is 1. The van der Waals surface area contributed by atoms with Gasteiger partial charge in [0.05, 0.1) is 22.2 Å². The van der Waals surface area contributed by atoms with Crippen LogP contribution in [-0.2, 0) is 9.59 Å². The van der Waals surface area contributed by atoms with E-state index < -0.39 is 17.8 Å². The van der Waals surface area contributed by atoms with E-state index in [9.17, 15) is 14.0 Å². The molecule has 0 unspecified atom stereocenters. The molecular weight excluding hydrogens is 342 g/mol. The van der Waals surface area contributed by atoms with Crippen molar-refractivity contribution in [2.24, 2.45) is 0 Å². The summed E-state index contributed by atoms with van der Waals surface area (Å²) < 4.78 is 13.0. The zero-order chi connectivity index (χ0) is 16.6. The van der Waals surface area contributed by atoms with Crippen LogP contribution in [0.3, 0.4) is 0 Å². The maximum atomic E-state index is 13.0. The number of hydrogen-bond donors (Lipinski definition) is 1. The second kappa shape index (κ2) is 6.18. The molecule has 3 rings (SSSR count). The third-order valence-electron chi connectivity index (χ3n) is 3.49. The fourth-order valence-corrected chi connectivity index (χ4v) is 2.69. The number of benzene rings is 2. The van der Waals surface area contributed by atoms with Crippen molar-refractivity contribution in [3.63, 3.8) is 0 Å². The second-order valence-corrected chi connectivity index (χ2v) is 5.89. The molecule has 1 heterocycles. The fraction of sp³-hybridized carbons (Fsp3) is 0.125. The summed E-state index contributed by atoms with van der Waals surface area (Å²) in [6, 6.07) is 9.36. The summed E-state index contributed by atoms with van der Waals surface area (Å²) in [5.41, 5.74) is 0.936. The monoisotopic (exact) mass is 352 g/mol. The van der Waals surface area contributed by atoms with Crippen LogP contribution in [0, 0.1) is 5.82 Å². The average Bonchev–Trinajstić information content (AvgIpc) is 2.79. The number of halogens is 3. The van der Waals surface area contributed by atoms with Crippen molar-refractivity contribution < 1.29 is 14.0 Å². The lowest BCUT2D eigenvalue weighted by atomic mass is 10.2. The van der Waals surface area contributed by atoms with Crippen LogP contribution >= 0.6 is 23.2 Å². The highest BCUT2D eigenvalue weighted by Crippen LogP contribution is 2.28. The van der Waals surface area contributed by atoms with Gasteiger partial charge in [-0.2, -0.15) is 0 Å². The van der Waals surface area contributed by atoms with Gasteiger partial charge in [0.2, 0.25) is 5.91 Å². The van der Waals surface area contributed by atoms with Crippen molar-refractivity contribution in [1.82, 2.24) is 0 Å². The number of nitrogens with zero attached hydrogens (tertiary/aromatic N) is 1. The summed E-state index contributed by atoms with van der Waals surface area (Å²) in [7, 11) is 0. The Hall–Kier alpha value is -2.11. The molecule has 2 aromatic carbocycles. The molecule has 2 aromatic rings. The van der Waals surface area contributed by atoms with Crippen molar-refractivity contribution in [3.05, 3.63) is 58.3 Å². The van der Waals surface area contributed by atoms with E-state index in [0.717, 1.165) is 4.90 Å². The molecule has 4 nitrogen and oxygen atoms in total. The maximum Gasteiger partial charge on any atom is 0.256 e. The summed E-state index contributed by atoms with van der Waals surface area (Å²) in [5.74, 6) is -1.18. The summed E-state index contributed by atoms with van der Waals surface area (Å²) in [5, 5.41) is 3.72. The predicted molar refractivity (Wildman–Crippen MR) is 87.4 cm³/mol. The molecule has 1 N–H and O–H groups in total. The molecule has 0 radical (unpaired) electrons. The van der Waals surface area contributed by atoms with Gasteiger partial charge in [-0.3, -0.25) is 9.59 Å². The van der Waals surface area contributed by atoms with Crippen LogP contribution in [0.5, 0.6) is 0 Å². The Morgan fingerprint density at radius 2 is 1.74 bits per heavy atom. The standard InChI is InChI=1S/C16H11Cl2FN2O2/c17-12-6-3-10(7-13(12)18)20-14-8-15(22)21(16(14)23)11-4-1-9(19)2-5-11/h1-7,14,20H,8H2/t14-/m0/s1. The highest BCUT2D eigenvalue weighted by molar-refractivity contribution is 6.42. The number of rotatable bonds is 3. The Morgan fingerprint density at radius 1 is 1.04 bits per heavy atom. The summed E-state index contributed by atoms with van der Waals surface area (Å²) in [6.45, 7) is 0. The largest absolute Gasteiger partial charge is 0.373 e. The molecular formula is C16H11Cl2FN2O2. The highest BCUT2D eigenvalue weighted by atomic mass is 35.5. The van der Waals surface area contributed by atoms with Gasteiger partial charge in [-0.1, -0.05) is 23.2 Å². The van der Waals surface area contributed by atoms with Gasteiger partial charge in [0.15, 0.2) is 0 Å². The first kappa shape index (κ1) is 15.8. The minimum atomic E-state index is -0.704. The minimum Gasteiger partial charge on any atom is -0.373 e. The highest BCUT2D eigenvalue weighted by Gasteiger charge is 2.39. The van der Waals surface area contributed by atoms with E-state index in [2.05, 4.69) is 5.32 Å². The maximum absolute atomic E-state index is 13.0. The average molecular weight is 353 g/mol. The molecule has 1 atom stereocenters. The topological polar surface area (TPSA) is 49.4 Å². The molecule has 1 aliphatic heterocycles. The first-order valence-corrected chi connectivity index (χ1v) is 7.55. The van der Waals surface area contributed by atoms with Gasteiger partial charge in [0, 0.05) is 5.69 Å². The number of carbonyl (C=O) groups is 2. The molecule has 0 spiro atoms. The van der Waals surface area contributed by atoms with Crippen LogP contribution < -0.4 is 10.2 Å². The molecule has 118 valence electrons. The lowest BCUT2D eigenvalue weighted by molar-refractivity contribution is -0.121. The van der Waals surface area contributed by atoms with Crippen LogP contribution in [0.2, 0.25) is 10.0 Å². The van der Waals surface area contributed by atoms with Gasteiger partial charge in [-0.15, -0.1) is 0 Å². The van der Waals surface area contributed by atoms with Crippen LogP contribution in [0.15, 0.2) is 42.5 Å². The van der Waals surface area contributed by atoms with Crippen molar-refractivity contribution in [2.75, 3.05) is 10.2 Å². The Kier molecular flexibility index (Phi) is 4.24. The van der Waals surface area contributed by atoms with Gasteiger partial charge in [0.1, 0.15) is 11.9 Å². The predicted octanol–water partition coefficient (Wildman–Crippen LogP) is 3.88. The summed E-state index contributed by atoms with van der Waals surface area (Å²) in [4.78, 5) is 25.6. The number of imide groups is 1. The smallest absolute Gasteiger partial charge is 0.256 e. The van der Waals surface area contributed by atoms with Gasteiger partial charge >= 0.3 is 0 Å². The first-order chi connectivity index (χ1) is 11.0. The lowest BCUT2D eigenvalue weighted by Gasteiger charge is -2.16. The Bertz CT molecular complexity index is 780. The number of amides is 2. The van der Waals surface area contributed by atoms with Crippen molar-refractivity contribution >= 4 is 46.4 Å². The van der Waals surface area contributed by atoms with Gasteiger partial charge in [-0.05, 0) is 42.5 Å². The van der Waals surface area contributed by atoms with Crippen LogP contribution in [0.1, 0.15) is 6.42 Å². The number of anilines is 2. The van der Waals surface area contributed by atoms with Crippen LogP contribution in [-0.4, -0.2) is 17.9 Å². The van der Waals surface area contributed by atoms with Gasteiger partial charge < -0.3 is 5.32 Å². The Labute approximate surface area is 141 Å². The van der Waals surface area contributed by atoms with Crippen LogP contribution in [0.25, 0.3) is 0 Å². The Balaban J connectivity index is 1.80. The van der Waals surface area contributed by atoms with Crippen LogP contribution in [0.4, 0.5) is 15.8 Å². The van der Waals surface area contributed by atoms with E-state index in [1.807, 2.05) is 0 Å².